The van der Waals surface area contributed by atoms with Gasteiger partial charge in [0.2, 0.25) is 0 Å². The molecule has 3 aromatic carbocycles. The number of ether oxygens (including phenoxy) is 1. The number of carbonyl (C=O) groups excluding carboxylic acids is 1. The number of anilines is 1. The van der Waals surface area contributed by atoms with Crippen molar-refractivity contribution in [2.45, 2.75) is 11.4 Å². The van der Waals surface area contributed by atoms with Crippen LogP contribution in [0.3, 0.4) is 0 Å². The Labute approximate surface area is 196 Å². The highest BCUT2D eigenvalue weighted by atomic mass is 32.2. The fraction of sp³-hybridized carbons (Fsp3) is 0.167. The van der Waals surface area contributed by atoms with Crippen LogP contribution in [0.15, 0.2) is 88.8 Å². The number of amides is 1. The summed E-state index contributed by atoms with van der Waals surface area (Å²) in [5.74, 6) is -0.437. The average Bonchev–Trinajstić information content (AvgIpc) is 3.19. The van der Waals surface area contributed by atoms with E-state index in [1.54, 1.807) is 31.4 Å². The van der Waals surface area contributed by atoms with Gasteiger partial charge in [-0.3, -0.25) is 9.10 Å². The molecule has 0 saturated carbocycles. The number of fused-ring (bicyclic) bond motifs is 1. The topological polar surface area (TPSA) is 81.0 Å². The number of thiazole rings is 1. The number of hydrogen-bond donors (Lipinski definition) is 0. The molecule has 4 aromatic rings. The molecular weight excluding hydrogens is 458 g/mol. The van der Waals surface area contributed by atoms with Crippen molar-refractivity contribution in [1.29, 1.82) is 0 Å². The molecule has 0 aliphatic rings. The van der Waals surface area contributed by atoms with Crippen molar-refractivity contribution < 1.29 is 17.9 Å². The van der Waals surface area contributed by atoms with Crippen molar-refractivity contribution in [2.75, 3.05) is 25.1 Å². The van der Waals surface area contributed by atoms with Gasteiger partial charge >= 0.3 is 0 Å². The molecule has 4 rings (SSSR count). The summed E-state index contributed by atoms with van der Waals surface area (Å²) in [6.45, 7) is 1.05. The minimum absolute atomic E-state index is 0.0995. The SMILES string of the molecule is COCCn1c(=NC(=O)c2ccc(S(=O)(=O)N(C)c3ccccc3)cc2)sc2ccccc21. The lowest BCUT2D eigenvalue weighted by Crippen LogP contribution is -2.26. The first-order chi connectivity index (χ1) is 15.9. The van der Waals surface area contributed by atoms with Gasteiger partial charge in [0.15, 0.2) is 4.80 Å². The highest BCUT2D eigenvalue weighted by Gasteiger charge is 2.21. The Morgan fingerprint density at radius 3 is 2.36 bits per heavy atom. The van der Waals surface area contributed by atoms with Gasteiger partial charge in [0, 0.05) is 26.3 Å². The molecule has 1 amide bonds. The summed E-state index contributed by atoms with van der Waals surface area (Å²) in [6, 6.07) is 22.5. The summed E-state index contributed by atoms with van der Waals surface area (Å²) in [7, 11) is -0.626. The van der Waals surface area contributed by atoms with E-state index in [2.05, 4.69) is 4.99 Å². The molecule has 0 spiro atoms. The third-order valence-electron chi connectivity index (χ3n) is 5.18. The van der Waals surface area contributed by atoms with Gasteiger partial charge in [-0.05, 0) is 48.5 Å². The second-order valence-corrected chi connectivity index (χ2v) is 10.2. The lowest BCUT2D eigenvalue weighted by molar-refractivity contribution is 0.0997. The standard InChI is InChI=1S/C24H23N3O4S2/c1-26(19-8-4-3-5-9-19)33(29,30)20-14-12-18(13-15-20)23(28)25-24-27(16-17-31-2)21-10-6-7-11-22(21)32-24/h3-15H,16-17H2,1-2H3. The lowest BCUT2D eigenvalue weighted by Gasteiger charge is -2.19. The van der Waals surface area contributed by atoms with E-state index in [1.807, 2.05) is 34.9 Å². The first-order valence-electron chi connectivity index (χ1n) is 10.2. The van der Waals surface area contributed by atoms with Gasteiger partial charge < -0.3 is 9.30 Å². The number of methoxy groups -OCH3 is 1. The first kappa shape index (κ1) is 22.9. The normalized spacial score (nSPS) is 12.2. The van der Waals surface area contributed by atoms with E-state index in [-0.39, 0.29) is 4.90 Å². The Hall–Kier alpha value is -3.27. The van der Waals surface area contributed by atoms with Crippen molar-refractivity contribution in [3.8, 4) is 0 Å². The van der Waals surface area contributed by atoms with Crippen LogP contribution in [0.4, 0.5) is 5.69 Å². The molecule has 0 atom stereocenters. The van der Waals surface area contributed by atoms with Crippen molar-refractivity contribution in [3.63, 3.8) is 0 Å². The van der Waals surface area contributed by atoms with E-state index in [4.69, 9.17) is 4.74 Å². The number of sulfonamides is 1. The van der Waals surface area contributed by atoms with Crippen molar-refractivity contribution in [3.05, 3.63) is 89.2 Å². The quantitative estimate of drug-likeness (QED) is 0.401. The van der Waals surface area contributed by atoms with Crippen LogP contribution in [0, 0.1) is 0 Å². The van der Waals surface area contributed by atoms with Crippen LogP contribution in [0.1, 0.15) is 10.4 Å². The third-order valence-corrected chi connectivity index (χ3v) is 8.04. The summed E-state index contributed by atoms with van der Waals surface area (Å²) in [4.78, 5) is 17.9. The molecule has 0 aliphatic heterocycles. The number of para-hydroxylation sites is 2. The number of carbonyl (C=O) groups is 1. The number of benzene rings is 3. The van der Waals surface area contributed by atoms with E-state index >= 15 is 0 Å². The smallest absolute Gasteiger partial charge is 0.279 e. The van der Waals surface area contributed by atoms with Crippen LogP contribution in [0.25, 0.3) is 10.2 Å². The number of nitrogens with zero attached hydrogens (tertiary/aromatic N) is 3. The van der Waals surface area contributed by atoms with Gasteiger partial charge in [0.25, 0.3) is 15.9 Å². The van der Waals surface area contributed by atoms with Crippen LogP contribution in [0.5, 0.6) is 0 Å². The van der Waals surface area contributed by atoms with Gasteiger partial charge in [-0.1, -0.05) is 41.7 Å². The molecule has 0 radical (unpaired) electrons. The molecule has 1 heterocycles. The van der Waals surface area contributed by atoms with E-state index in [0.717, 1.165) is 10.2 Å². The molecule has 170 valence electrons. The Morgan fingerprint density at radius 1 is 1.00 bits per heavy atom. The Bertz CT molecular complexity index is 1440. The summed E-state index contributed by atoms with van der Waals surface area (Å²) in [5, 5.41) is 0. The van der Waals surface area contributed by atoms with Gasteiger partial charge in [-0.25, -0.2) is 8.42 Å². The monoisotopic (exact) mass is 481 g/mol. The van der Waals surface area contributed by atoms with Gasteiger partial charge in [-0.15, -0.1) is 0 Å². The minimum Gasteiger partial charge on any atom is -0.383 e. The molecule has 7 nitrogen and oxygen atoms in total. The third kappa shape index (κ3) is 4.75. The maximum atomic E-state index is 13.0. The molecule has 0 saturated heterocycles. The van der Waals surface area contributed by atoms with Crippen LogP contribution in [-0.2, 0) is 21.3 Å². The fourth-order valence-electron chi connectivity index (χ4n) is 3.36. The largest absolute Gasteiger partial charge is 0.383 e. The molecular formula is C24H23N3O4S2. The highest BCUT2D eigenvalue weighted by molar-refractivity contribution is 7.92. The van der Waals surface area contributed by atoms with E-state index in [1.165, 1.54) is 47.0 Å². The first-order valence-corrected chi connectivity index (χ1v) is 12.5. The maximum Gasteiger partial charge on any atom is 0.279 e. The van der Waals surface area contributed by atoms with Crippen molar-refractivity contribution in [2.24, 2.45) is 4.99 Å². The van der Waals surface area contributed by atoms with Crippen LogP contribution >= 0.6 is 11.3 Å². The predicted molar refractivity (Wildman–Crippen MR) is 130 cm³/mol. The summed E-state index contributed by atoms with van der Waals surface area (Å²) < 4.78 is 35.3. The fourth-order valence-corrected chi connectivity index (χ4v) is 5.61. The molecule has 0 fully saturated rings. The van der Waals surface area contributed by atoms with Crippen LogP contribution in [0.2, 0.25) is 0 Å². The summed E-state index contributed by atoms with van der Waals surface area (Å²) in [6.07, 6.45) is 0. The zero-order chi connectivity index (χ0) is 23.4. The van der Waals surface area contributed by atoms with Crippen LogP contribution < -0.4 is 9.11 Å². The average molecular weight is 482 g/mol. The second-order valence-electron chi connectivity index (χ2n) is 7.25. The van der Waals surface area contributed by atoms with Gasteiger partial charge in [0.1, 0.15) is 0 Å². The summed E-state index contributed by atoms with van der Waals surface area (Å²) >= 11 is 1.42. The number of hydrogen-bond acceptors (Lipinski definition) is 5. The van der Waals surface area contributed by atoms with Crippen molar-refractivity contribution >= 4 is 43.2 Å². The van der Waals surface area contributed by atoms with Gasteiger partial charge in [-0.2, -0.15) is 4.99 Å². The Kier molecular flexibility index (Phi) is 6.73. The zero-order valence-corrected chi connectivity index (χ0v) is 19.8. The molecule has 1 aromatic heterocycles. The van der Waals surface area contributed by atoms with Crippen LogP contribution in [-0.4, -0.2) is 39.7 Å². The molecule has 0 aliphatic carbocycles. The highest BCUT2D eigenvalue weighted by Crippen LogP contribution is 2.22. The minimum atomic E-state index is -3.75. The predicted octanol–water partition coefficient (Wildman–Crippen LogP) is 3.92. The Morgan fingerprint density at radius 2 is 1.67 bits per heavy atom. The lowest BCUT2D eigenvalue weighted by atomic mass is 10.2. The maximum absolute atomic E-state index is 13.0. The van der Waals surface area contributed by atoms with Crippen molar-refractivity contribution in [1.82, 2.24) is 4.57 Å². The number of rotatable bonds is 7. The van der Waals surface area contributed by atoms with E-state index in [9.17, 15) is 13.2 Å². The van der Waals surface area contributed by atoms with E-state index in [0.29, 0.717) is 29.2 Å². The molecule has 0 bridgehead atoms. The molecule has 0 unspecified atom stereocenters. The second kappa shape index (κ2) is 9.70. The molecule has 33 heavy (non-hydrogen) atoms. The molecule has 9 heteroatoms. The van der Waals surface area contributed by atoms with E-state index < -0.39 is 15.9 Å². The number of aromatic nitrogens is 1. The zero-order valence-electron chi connectivity index (χ0n) is 18.2. The Balaban J connectivity index is 1.64. The van der Waals surface area contributed by atoms with Gasteiger partial charge in [0.05, 0.1) is 27.4 Å². The summed E-state index contributed by atoms with van der Waals surface area (Å²) in [5.41, 5.74) is 1.85. The molecule has 0 N–H and O–H groups in total.